The molecule has 1 nitrogen and oxygen atoms in total. The van der Waals surface area contributed by atoms with Crippen molar-refractivity contribution >= 4 is 0 Å². The number of hydrogen-bond acceptors (Lipinski definition) is 1. The Morgan fingerprint density at radius 1 is 1.24 bits per heavy atom. The molecule has 2 unspecified atom stereocenters. The first-order valence-corrected chi connectivity index (χ1v) is 6.63. The number of aryl methyl sites for hydroxylation is 2. The van der Waals surface area contributed by atoms with Crippen molar-refractivity contribution < 1.29 is 4.74 Å². The quantitative estimate of drug-likeness (QED) is 0.717. The molecule has 1 heterocycles. The van der Waals surface area contributed by atoms with Crippen molar-refractivity contribution in [1.29, 1.82) is 0 Å². The second-order valence-electron chi connectivity index (χ2n) is 6.31. The maximum atomic E-state index is 5.48. The standard InChI is InChI=1S/C16H24O/c1-11-6-8-14(16(3,4)5)10-13(11)7-9-15-12(2)17-15/h6,8,10,12,15H,7,9H2,1-5H3. The van der Waals surface area contributed by atoms with Gasteiger partial charge in [0.05, 0.1) is 12.2 Å². The molecule has 1 fully saturated rings. The van der Waals surface area contributed by atoms with Gasteiger partial charge >= 0.3 is 0 Å². The molecule has 1 aromatic carbocycles. The van der Waals surface area contributed by atoms with Crippen LogP contribution in [0.2, 0.25) is 0 Å². The first-order chi connectivity index (χ1) is 7.88. The summed E-state index contributed by atoms with van der Waals surface area (Å²) in [4.78, 5) is 0. The number of rotatable bonds is 3. The number of ether oxygens (including phenoxy) is 1. The summed E-state index contributed by atoms with van der Waals surface area (Å²) in [6.45, 7) is 11.2. The summed E-state index contributed by atoms with van der Waals surface area (Å²) in [7, 11) is 0. The molecule has 0 aromatic heterocycles. The zero-order valence-corrected chi connectivity index (χ0v) is 11.7. The fraction of sp³-hybridized carbons (Fsp3) is 0.625. The molecule has 1 aliphatic heterocycles. The van der Waals surface area contributed by atoms with E-state index in [1.165, 1.54) is 16.7 Å². The molecule has 1 saturated heterocycles. The third-order valence-corrected chi connectivity index (χ3v) is 3.75. The predicted octanol–water partition coefficient (Wildman–Crippen LogP) is 4.01. The van der Waals surface area contributed by atoms with Gasteiger partial charge in [-0.15, -0.1) is 0 Å². The molecule has 17 heavy (non-hydrogen) atoms. The van der Waals surface area contributed by atoms with Gasteiger partial charge in [0.2, 0.25) is 0 Å². The van der Waals surface area contributed by atoms with Crippen LogP contribution in [0.1, 0.15) is 50.8 Å². The lowest BCUT2D eigenvalue weighted by atomic mass is 9.84. The van der Waals surface area contributed by atoms with E-state index in [1.807, 2.05) is 0 Å². The largest absolute Gasteiger partial charge is 0.370 e. The monoisotopic (exact) mass is 232 g/mol. The van der Waals surface area contributed by atoms with Crippen LogP contribution in [0.15, 0.2) is 18.2 Å². The highest BCUT2D eigenvalue weighted by atomic mass is 16.6. The van der Waals surface area contributed by atoms with E-state index in [1.54, 1.807) is 0 Å². The number of benzene rings is 1. The molecule has 0 spiro atoms. The third-order valence-electron chi connectivity index (χ3n) is 3.75. The summed E-state index contributed by atoms with van der Waals surface area (Å²) in [5, 5.41) is 0. The molecule has 1 heteroatoms. The fourth-order valence-corrected chi connectivity index (χ4v) is 2.24. The van der Waals surface area contributed by atoms with Crippen LogP contribution in [0.25, 0.3) is 0 Å². The molecule has 0 N–H and O–H groups in total. The van der Waals surface area contributed by atoms with Crippen molar-refractivity contribution in [3.63, 3.8) is 0 Å². The van der Waals surface area contributed by atoms with Gasteiger partial charge in [0.25, 0.3) is 0 Å². The SMILES string of the molecule is Cc1ccc(C(C)(C)C)cc1CCC1OC1C. The van der Waals surface area contributed by atoms with Gasteiger partial charge in [-0.25, -0.2) is 0 Å². The minimum atomic E-state index is 0.242. The molecule has 0 amide bonds. The zero-order chi connectivity index (χ0) is 12.6. The summed E-state index contributed by atoms with van der Waals surface area (Å²) in [6, 6.07) is 6.89. The number of epoxide rings is 1. The highest BCUT2D eigenvalue weighted by Gasteiger charge is 2.33. The molecule has 0 bridgehead atoms. The molecule has 1 aliphatic rings. The van der Waals surface area contributed by atoms with Crippen LogP contribution in [-0.4, -0.2) is 12.2 Å². The topological polar surface area (TPSA) is 12.5 Å². The van der Waals surface area contributed by atoms with E-state index in [9.17, 15) is 0 Å². The Kier molecular flexibility index (Phi) is 3.31. The Morgan fingerprint density at radius 3 is 2.41 bits per heavy atom. The minimum Gasteiger partial charge on any atom is -0.370 e. The van der Waals surface area contributed by atoms with E-state index >= 15 is 0 Å². The average Bonchev–Trinajstić information content (AvgIpc) is 2.92. The molecule has 1 aromatic rings. The van der Waals surface area contributed by atoms with Crippen molar-refractivity contribution in [3.8, 4) is 0 Å². The average molecular weight is 232 g/mol. The van der Waals surface area contributed by atoms with E-state index < -0.39 is 0 Å². The van der Waals surface area contributed by atoms with Gasteiger partial charge in [-0.3, -0.25) is 0 Å². The molecule has 0 saturated carbocycles. The Hall–Kier alpha value is -0.820. The third kappa shape index (κ3) is 3.10. The second kappa shape index (κ2) is 4.45. The lowest BCUT2D eigenvalue weighted by Crippen LogP contribution is -2.12. The first kappa shape index (κ1) is 12.6. The molecule has 94 valence electrons. The van der Waals surface area contributed by atoms with Crippen LogP contribution in [0, 0.1) is 6.92 Å². The maximum Gasteiger partial charge on any atom is 0.0842 e. The highest BCUT2D eigenvalue weighted by Crippen LogP contribution is 2.29. The van der Waals surface area contributed by atoms with Crippen molar-refractivity contribution in [1.82, 2.24) is 0 Å². The molecule has 0 aliphatic carbocycles. The smallest absolute Gasteiger partial charge is 0.0842 e. The lowest BCUT2D eigenvalue weighted by molar-refractivity contribution is 0.370. The summed E-state index contributed by atoms with van der Waals surface area (Å²) in [5.74, 6) is 0. The summed E-state index contributed by atoms with van der Waals surface area (Å²) < 4.78 is 5.48. The van der Waals surface area contributed by atoms with E-state index in [4.69, 9.17) is 4.74 Å². The van der Waals surface area contributed by atoms with E-state index in [0.29, 0.717) is 12.2 Å². The lowest BCUT2D eigenvalue weighted by Gasteiger charge is -2.20. The molecule has 2 rings (SSSR count). The van der Waals surface area contributed by atoms with E-state index in [-0.39, 0.29) is 5.41 Å². The van der Waals surface area contributed by atoms with Gasteiger partial charge in [-0.1, -0.05) is 39.0 Å². The summed E-state index contributed by atoms with van der Waals surface area (Å²) in [6.07, 6.45) is 3.30. The van der Waals surface area contributed by atoms with E-state index in [0.717, 1.165) is 12.8 Å². The van der Waals surface area contributed by atoms with Gasteiger partial charge in [0.15, 0.2) is 0 Å². The van der Waals surface area contributed by atoms with Crippen molar-refractivity contribution in [2.75, 3.05) is 0 Å². The summed E-state index contributed by atoms with van der Waals surface area (Å²) >= 11 is 0. The fourth-order valence-electron chi connectivity index (χ4n) is 2.24. The Balaban J connectivity index is 2.09. The Morgan fingerprint density at radius 2 is 1.88 bits per heavy atom. The van der Waals surface area contributed by atoms with Crippen LogP contribution < -0.4 is 0 Å². The molecule has 0 radical (unpaired) electrons. The maximum absolute atomic E-state index is 5.48. The van der Waals surface area contributed by atoms with Gasteiger partial charge in [-0.05, 0) is 48.8 Å². The molecular formula is C16H24O. The first-order valence-electron chi connectivity index (χ1n) is 6.63. The van der Waals surface area contributed by atoms with Crippen LogP contribution in [0.5, 0.6) is 0 Å². The van der Waals surface area contributed by atoms with Gasteiger partial charge in [0.1, 0.15) is 0 Å². The van der Waals surface area contributed by atoms with Crippen molar-refractivity contribution in [2.45, 2.75) is 65.1 Å². The van der Waals surface area contributed by atoms with Crippen molar-refractivity contribution in [3.05, 3.63) is 34.9 Å². The molecular weight excluding hydrogens is 208 g/mol. The predicted molar refractivity (Wildman–Crippen MR) is 72.5 cm³/mol. The molecule has 2 atom stereocenters. The van der Waals surface area contributed by atoms with Gasteiger partial charge < -0.3 is 4.74 Å². The Bertz CT molecular complexity index is 400. The van der Waals surface area contributed by atoms with Crippen LogP contribution in [0.3, 0.4) is 0 Å². The highest BCUT2D eigenvalue weighted by molar-refractivity contribution is 5.34. The van der Waals surface area contributed by atoms with Crippen LogP contribution in [-0.2, 0) is 16.6 Å². The summed E-state index contributed by atoms with van der Waals surface area (Å²) in [5.41, 5.74) is 4.57. The Labute approximate surface area is 105 Å². The van der Waals surface area contributed by atoms with Crippen LogP contribution >= 0.6 is 0 Å². The van der Waals surface area contributed by atoms with E-state index in [2.05, 4.69) is 52.8 Å². The van der Waals surface area contributed by atoms with Crippen molar-refractivity contribution in [2.24, 2.45) is 0 Å². The normalized spacial score (nSPS) is 23.8. The number of hydrogen-bond donors (Lipinski definition) is 0. The zero-order valence-electron chi connectivity index (χ0n) is 11.7. The minimum absolute atomic E-state index is 0.242. The van der Waals surface area contributed by atoms with Gasteiger partial charge in [0, 0.05) is 0 Å². The second-order valence-corrected chi connectivity index (χ2v) is 6.31. The van der Waals surface area contributed by atoms with Crippen LogP contribution in [0.4, 0.5) is 0 Å². The van der Waals surface area contributed by atoms with Gasteiger partial charge in [-0.2, -0.15) is 0 Å².